The molecule has 1 aromatic heterocycles. The van der Waals surface area contributed by atoms with E-state index in [4.69, 9.17) is 0 Å². The third-order valence-corrected chi connectivity index (χ3v) is 4.58. The number of benzene rings is 1. The van der Waals surface area contributed by atoms with Crippen molar-refractivity contribution in [2.45, 2.75) is 19.1 Å². The summed E-state index contributed by atoms with van der Waals surface area (Å²) in [7, 11) is 0. The number of hydrogen-bond donors (Lipinski definition) is 1. The number of fused-ring (bicyclic) bond motifs is 1. The predicted molar refractivity (Wildman–Crippen MR) is 88.4 cm³/mol. The molecule has 1 N–H and O–H groups in total. The molecular weight excluding hydrogens is 346 g/mol. The van der Waals surface area contributed by atoms with Crippen LogP contribution in [0.25, 0.3) is 11.1 Å². The van der Waals surface area contributed by atoms with Crippen LogP contribution in [0.1, 0.15) is 12.8 Å². The van der Waals surface area contributed by atoms with Gasteiger partial charge in [0.15, 0.2) is 11.5 Å². The number of carboxylic acids is 1. The molecule has 26 heavy (non-hydrogen) atoms. The summed E-state index contributed by atoms with van der Waals surface area (Å²) in [6.45, 7) is 1.14. The number of piperidine rings is 1. The van der Waals surface area contributed by atoms with Crippen LogP contribution in [0.15, 0.2) is 36.5 Å². The molecule has 136 valence electrons. The summed E-state index contributed by atoms with van der Waals surface area (Å²) in [5, 5.41) is 9.19. The van der Waals surface area contributed by atoms with Gasteiger partial charge in [-0.3, -0.25) is 4.79 Å². The van der Waals surface area contributed by atoms with Gasteiger partial charge >= 0.3 is 12.3 Å². The van der Waals surface area contributed by atoms with E-state index in [0.29, 0.717) is 29.9 Å². The Morgan fingerprint density at radius 3 is 2.85 bits per heavy atom. The molecule has 0 aliphatic carbocycles. The minimum Gasteiger partial charge on any atom is -0.481 e. The van der Waals surface area contributed by atoms with Crippen LogP contribution < -0.4 is 14.4 Å². The number of aromatic nitrogens is 1. The highest BCUT2D eigenvalue weighted by Crippen LogP contribution is 2.46. The van der Waals surface area contributed by atoms with Crippen molar-refractivity contribution in [3.63, 3.8) is 0 Å². The molecule has 8 heteroatoms. The summed E-state index contributed by atoms with van der Waals surface area (Å²) in [6, 6.07) is 8.19. The van der Waals surface area contributed by atoms with Gasteiger partial charge in [-0.25, -0.2) is 4.98 Å². The Balaban J connectivity index is 1.58. The molecule has 0 saturated carbocycles. The van der Waals surface area contributed by atoms with Crippen LogP contribution in [-0.4, -0.2) is 35.4 Å². The van der Waals surface area contributed by atoms with Crippen molar-refractivity contribution in [2.75, 3.05) is 18.0 Å². The molecule has 1 atom stereocenters. The van der Waals surface area contributed by atoms with E-state index >= 15 is 0 Å². The van der Waals surface area contributed by atoms with Crippen LogP contribution in [0.5, 0.6) is 11.5 Å². The van der Waals surface area contributed by atoms with E-state index in [1.54, 1.807) is 30.5 Å². The zero-order valence-electron chi connectivity index (χ0n) is 13.7. The Hall–Kier alpha value is -2.90. The fraction of sp³-hybridized carbons (Fsp3) is 0.333. The lowest BCUT2D eigenvalue weighted by atomic mass is 9.98. The Bertz CT molecular complexity index is 842. The maximum absolute atomic E-state index is 13.3. The average Bonchev–Trinajstić information content (AvgIpc) is 2.95. The zero-order valence-corrected chi connectivity index (χ0v) is 13.7. The first-order valence-corrected chi connectivity index (χ1v) is 8.26. The summed E-state index contributed by atoms with van der Waals surface area (Å²) in [4.78, 5) is 17.5. The van der Waals surface area contributed by atoms with Gasteiger partial charge in [0, 0.05) is 30.4 Å². The van der Waals surface area contributed by atoms with Crippen LogP contribution in [0.4, 0.5) is 14.6 Å². The van der Waals surface area contributed by atoms with E-state index in [-0.39, 0.29) is 11.5 Å². The molecular formula is C18H16F2N2O4. The van der Waals surface area contributed by atoms with E-state index in [2.05, 4.69) is 14.5 Å². The first kappa shape index (κ1) is 16.6. The standard InChI is InChI=1S/C18H16F2N2O4/c19-18(20)25-14-5-1-4-13(16(14)26-18)11-6-7-15(21-9-11)22-8-2-3-12(10-22)17(23)24/h1,4-7,9,12H,2-3,8,10H2,(H,23,24). The Kier molecular flexibility index (Phi) is 3.90. The summed E-state index contributed by atoms with van der Waals surface area (Å²) in [5.74, 6) is -0.581. The average molecular weight is 362 g/mol. The second kappa shape index (κ2) is 6.12. The van der Waals surface area contributed by atoms with Crippen molar-refractivity contribution in [3.05, 3.63) is 36.5 Å². The molecule has 3 heterocycles. The maximum atomic E-state index is 13.3. The number of para-hydroxylation sites is 1. The lowest BCUT2D eigenvalue weighted by Crippen LogP contribution is -2.39. The maximum Gasteiger partial charge on any atom is 0.586 e. The van der Waals surface area contributed by atoms with Crippen LogP contribution in [0, 0.1) is 5.92 Å². The van der Waals surface area contributed by atoms with E-state index in [9.17, 15) is 18.7 Å². The monoisotopic (exact) mass is 362 g/mol. The first-order chi connectivity index (χ1) is 12.4. The van der Waals surface area contributed by atoms with Gasteiger partial charge in [0.05, 0.1) is 5.92 Å². The van der Waals surface area contributed by atoms with Crippen LogP contribution in [0.2, 0.25) is 0 Å². The van der Waals surface area contributed by atoms with E-state index in [1.165, 1.54) is 6.07 Å². The number of carbonyl (C=O) groups is 1. The minimum absolute atomic E-state index is 0.0168. The molecule has 0 bridgehead atoms. The molecule has 1 aromatic carbocycles. The normalized spacial score (nSPS) is 20.8. The molecule has 1 fully saturated rings. The van der Waals surface area contributed by atoms with E-state index < -0.39 is 18.2 Å². The summed E-state index contributed by atoms with van der Waals surface area (Å²) < 4.78 is 35.7. The highest BCUT2D eigenvalue weighted by atomic mass is 19.3. The van der Waals surface area contributed by atoms with Crippen LogP contribution in [-0.2, 0) is 4.79 Å². The van der Waals surface area contributed by atoms with Crippen LogP contribution in [0.3, 0.4) is 0 Å². The second-order valence-corrected chi connectivity index (χ2v) is 6.33. The van der Waals surface area contributed by atoms with Gasteiger partial charge in [0.25, 0.3) is 0 Å². The molecule has 1 unspecified atom stereocenters. The quantitative estimate of drug-likeness (QED) is 0.903. The van der Waals surface area contributed by atoms with Crippen molar-refractivity contribution in [2.24, 2.45) is 5.92 Å². The number of anilines is 1. The number of hydrogen-bond acceptors (Lipinski definition) is 5. The third-order valence-electron chi connectivity index (χ3n) is 4.58. The number of carboxylic acid groups (broad SMARTS) is 1. The molecule has 6 nitrogen and oxygen atoms in total. The lowest BCUT2D eigenvalue weighted by molar-refractivity contribution is -0.286. The number of alkyl halides is 2. The largest absolute Gasteiger partial charge is 0.586 e. The topological polar surface area (TPSA) is 71.9 Å². The molecule has 0 spiro atoms. The lowest BCUT2D eigenvalue weighted by Gasteiger charge is -2.31. The van der Waals surface area contributed by atoms with Crippen molar-refractivity contribution in [1.82, 2.24) is 4.98 Å². The molecule has 0 radical (unpaired) electrons. The number of rotatable bonds is 3. The van der Waals surface area contributed by atoms with Crippen molar-refractivity contribution >= 4 is 11.8 Å². The Morgan fingerprint density at radius 2 is 2.12 bits per heavy atom. The fourth-order valence-electron chi connectivity index (χ4n) is 3.32. The molecule has 2 aliphatic rings. The van der Waals surface area contributed by atoms with Gasteiger partial charge in [0.2, 0.25) is 0 Å². The van der Waals surface area contributed by atoms with Crippen molar-refractivity contribution < 1.29 is 28.2 Å². The van der Waals surface area contributed by atoms with Crippen molar-refractivity contribution in [3.8, 4) is 22.6 Å². The predicted octanol–water partition coefficient (Wildman–Crippen LogP) is 3.37. The smallest absolute Gasteiger partial charge is 0.481 e. The van der Waals surface area contributed by atoms with Gasteiger partial charge in [0.1, 0.15) is 5.82 Å². The van der Waals surface area contributed by atoms with Gasteiger partial charge in [-0.1, -0.05) is 12.1 Å². The number of pyridine rings is 1. The number of ether oxygens (including phenoxy) is 2. The van der Waals surface area contributed by atoms with E-state index in [0.717, 1.165) is 13.0 Å². The number of aliphatic carboxylic acids is 1. The molecule has 4 rings (SSSR count). The third kappa shape index (κ3) is 3.02. The Morgan fingerprint density at radius 1 is 1.27 bits per heavy atom. The van der Waals surface area contributed by atoms with Gasteiger partial charge in [-0.2, -0.15) is 0 Å². The molecule has 2 aromatic rings. The van der Waals surface area contributed by atoms with Gasteiger partial charge in [-0.05, 0) is 31.0 Å². The van der Waals surface area contributed by atoms with E-state index in [1.807, 2.05) is 4.90 Å². The molecule has 1 saturated heterocycles. The summed E-state index contributed by atoms with van der Waals surface area (Å²) in [6.07, 6.45) is -0.668. The Labute approximate surface area is 148 Å². The SMILES string of the molecule is O=C(O)C1CCCN(c2ccc(-c3cccc4c3OC(F)(F)O4)cn2)C1. The zero-order chi connectivity index (χ0) is 18.3. The van der Waals surface area contributed by atoms with Gasteiger partial charge in [-0.15, -0.1) is 8.78 Å². The summed E-state index contributed by atoms with van der Waals surface area (Å²) in [5.41, 5.74) is 1.07. The first-order valence-electron chi connectivity index (χ1n) is 8.26. The molecule has 0 amide bonds. The van der Waals surface area contributed by atoms with Crippen LogP contribution >= 0.6 is 0 Å². The number of nitrogens with zero attached hydrogens (tertiary/aromatic N) is 2. The highest BCUT2D eigenvalue weighted by Gasteiger charge is 2.44. The second-order valence-electron chi connectivity index (χ2n) is 6.33. The fourth-order valence-corrected chi connectivity index (χ4v) is 3.32. The summed E-state index contributed by atoms with van der Waals surface area (Å²) >= 11 is 0. The van der Waals surface area contributed by atoms with Crippen molar-refractivity contribution in [1.29, 1.82) is 0 Å². The minimum atomic E-state index is -3.68. The highest BCUT2D eigenvalue weighted by molar-refractivity contribution is 5.75. The number of halogens is 2. The molecule has 2 aliphatic heterocycles. The van der Waals surface area contributed by atoms with Gasteiger partial charge < -0.3 is 19.5 Å².